The van der Waals surface area contributed by atoms with Crippen molar-refractivity contribution in [2.75, 3.05) is 51.2 Å². The third-order valence-electron chi connectivity index (χ3n) is 6.04. The number of carboxylic acids is 3. The molecule has 0 bridgehead atoms. The summed E-state index contributed by atoms with van der Waals surface area (Å²) in [5.41, 5.74) is 3.93. The molecule has 0 aromatic carbocycles. The number of nitrogens with zero attached hydrogens (tertiary/aromatic N) is 6. The Morgan fingerprint density at radius 1 is 0.717 bits per heavy atom. The average molecular weight is 681 g/mol. The molecule has 258 valence electrons. The van der Waals surface area contributed by atoms with Gasteiger partial charge >= 0.3 is 36.4 Å². The van der Waals surface area contributed by atoms with Gasteiger partial charge in [0.05, 0.1) is 5.69 Å². The van der Waals surface area contributed by atoms with Crippen LogP contribution in [0.2, 0.25) is 0 Å². The minimum atomic E-state index is -5.08. The van der Waals surface area contributed by atoms with E-state index in [4.69, 9.17) is 29.7 Å². The van der Waals surface area contributed by atoms with E-state index in [0.29, 0.717) is 0 Å². The van der Waals surface area contributed by atoms with Crippen LogP contribution in [-0.2, 0) is 33.8 Å². The highest BCUT2D eigenvalue weighted by Gasteiger charge is 2.39. The number of carbonyl (C=O) groups is 3. The van der Waals surface area contributed by atoms with Gasteiger partial charge in [0.15, 0.2) is 0 Å². The molecule has 2 aromatic rings. The first-order chi connectivity index (χ1) is 21.1. The van der Waals surface area contributed by atoms with Gasteiger partial charge in [0.2, 0.25) is 0 Å². The average Bonchev–Trinajstić information content (AvgIpc) is 3.16. The predicted molar refractivity (Wildman–Crippen MR) is 140 cm³/mol. The predicted octanol–water partition coefficient (Wildman–Crippen LogP) is 3.12. The molecule has 0 aliphatic carbocycles. The minimum Gasteiger partial charge on any atom is -0.475 e. The number of halogens is 9. The summed E-state index contributed by atoms with van der Waals surface area (Å²) < 4.78 is 95.2. The largest absolute Gasteiger partial charge is 0.490 e. The molecular formula is C25H29F9N6O6. The Morgan fingerprint density at radius 2 is 1.15 bits per heavy atom. The van der Waals surface area contributed by atoms with Crippen LogP contribution in [0, 0.1) is 0 Å². The lowest BCUT2D eigenvalue weighted by atomic mass is 10.1. The van der Waals surface area contributed by atoms with Crippen LogP contribution in [0.25, 0.3) is 0 Å². The van der Waals surface area contributed by atoms with E-state index in [-0.39, 0.29) is 0 Å². The van der Waals surface area contributed by atoms with Crippen LogP contribution >= 0.6 is 0 Å². The van der Waals surface area contributed by atoms with Gasteiger partial charge in [0, 0.05) is 70.2 Å². The Kier molecular flexibility index (Phi) is 15.1. The fourth-order valence-electron chi connectivity index (χ4n) is 3.75. The maximum absolute atomic E-state index is 10.6. The number of pyridine rings is 1. The van der Waals surface area contributed by atoms with Gasteiger partial charge in [-0.3, -0.25) is 9.88 Å². The maximum atomic E-state index is 10.6. The second kappa shape index (κ2) is 17.4. The van der Waals surface area contributed by atoms with E-state index in [1.54, 1.807) is 6.33 Å². The van der Waals surface area contributed by atoms with Crippen molar-refractivity contribution in [1.29, 1.82) is 0 Å². The van der Waals surface area contributed by atoms with E-state index >= 15 is 0 Å². The summed E-state index contributed by atoms with van der Waals surface area (Å²) in [4.78, 5) is 47.4. The van der Waals surface area contributed by atoms with Crippen LogP contribution in [0.4, 0.5) is 45.3 Å². The zero-order chi connectivity index (χ0) is 35.3. The number of rotatable bonds is 3. The summed E-state index contributed by atoms with van der Waals surface area (Å²) in [7, 11) is 2.19. The first kappa shape index (κ1) is 39.8. The van der Waals surface area contributed by atoms with Gasteiger partial charge in [0.25, 0.3) is 0 Å². The van der Waals surface area contributed by atoms with Crippen molar-refractivity contribution in [3.05, 3.63) is 47.7 Å². The molecule has 0 unspecified atom stereocenters. The maximum Gasteiger partial charge on any atom is 0.490 e. The normalized spacial score (nSPS) is 15.7. The fraction of sp³-hybridized carbons (Fsp3) is 0.520. The molecular weight excluding hydrogens is 651 g/mol. The SMILES string of the molecule is CN1CCN(c2ncnc3c2CCN(Cc2ccncc2)CC3)CC1.O=C(O)C(F)(F)F.O=C(O)C(F)(F)F.O=C(O)C(F)(F)F. The van der Waals surface area contributed by atoms with Crippen molar-refractivity contribution >= 4 is 23.7 Å². The second-order valence-corrected chi connectivity index (χ2v) is 9.45. The van der Waals surface area contributed by atoms with E-state index in [0.717, 1.165) is 58.7 Å². The van der Waals surface area contributed by atoms with Gasteiger partial charge in [-0.2, -0.15) is 39.5 Å². The smallest absolute Gasteiger partial charge is 0.475 e. The first-order valence-electron chi connectivity index (χ1n) is 12.9. The molecule has 0 radical (unpaired) electrons. The number of aromatic nitrogens is 3. The molecule has 2 aliphatic rings. The Bertz CT molecular complexity index is 1210. The third-order valence-corrected chi connectivity index (χ3v) is 6.04. The van der Waals surface area contributed by atoms with Gasteiger partial charge in [-0.15, -0.1) is 0 Å². The molecule has 2 aliphatic heterocycles. The van der Waals surface area contributed by atoms with E-state index in [1.165, 1.54) is 22.6 Å². The zero-order valence-corrected chi connectivity index (χ0v) is 23.9. The Balaban J connectivity index is 0.000000413. The summed E-state index contributed by atoms with van der Waals surface area (Å²) in [6.45, 7) is 7.41. The Morgan fingerprint density at radius 3 is 1.59 bits per heavy atom. The summed E-state index contributed by atoms with van der Waals surface area (Å²) in [6, 6.07) is 4.21. The lowest BCUT2D eigenvalue weighted by Gasteiger charge is -2.34. The van der Waals surface area contributed by atoms with E-state index in [1.807, 2.05) is 12.4 Å². The van der Waals surface area contributed by atoms with Crippen molar-refractivity contribution in [3.8, 4) is 0 Å². The molecule has 12 nitrogen and oxygen atoms in total. The van der Waals surface area contributed by atoms with Crippen molar-refractivity contribution in [3.63, 3.8) is 0 Å². The fourth-order valence-corrected chi connectivity index (χ4v) is 3.75. The molecule has 1 fully saturated rings. The van der Waals surface area contributed by atoms with Crippen LogP contribution in [0.5, 0.6) is 0 Å². The molecule has 2 aromatic heterocycles. The lowest BCUT2D eigenvalue weighted by Crippen LogP contribution is -2.45. The number of hydrogen-bond acceptors (Lipinski definition) is 9. The summed E-state index contributed by atoms with van der Waals surface area (Å²) >= 11 is 0. The van der Waals surface area contributed by atoms with Gasteiger partial charge < -0.3 is 25.1 Å². The van der Waals surface area contributed by atoms with Crippen molar-refractivity contribution < 1.29 is 69.2 Å². The van der Waals surface area contributed by atoms with Crippen LogP contribution in [-0.4, -0.2) is 123 Å². The topological polar surface area (TPSA) is 160 Å². The van der Waals surface area contributed by atoms with Crippen LogP contribution in [0.1, 0.15) is 16.8 Å². The molecule has 3 N–H and O–H groups in total. The van der Waals surface area contributed by atoms with Crippen molar-refractivity contribution in [1.82, 2.24) is 24.8 Å². The number of alkyl halides is 9. The zero-order valence-electron chi connectivity index (χ0n) is 23.9. The van der Waals surface area contributed by atoms with Gasteiger partial charge in [-0.25, -0.2) is 24.4 Å². The number of piperazine rings is 1. The summed E-state index contributed by atoms with van der Waals surface area (Å²) in [5.74, 6) is -7.10. The molecule has 0 saturated carbocycles. The summed E-state index contributed by atoms with van der Waals surface area (Å²) in [5, 5.41) is 21.4. The lowest BCUT2D eigenvalue weighted by molar-refractivity contribution is -0.193. The van der Waals surface area contributed by atoms with Crippen molar-refractivity contribution in [2.45, 2.75) is 37.9 Å². The quantitative estimate of drug-likeness (QED) is 0.407. The second-order valence-electron chi connectivity index (χ2n) is 9.45. The molecule has 0 spiro atoms. The van der Waals surface area contributed by atoms with Crippen LogP contribution in [0.15, 0.2) is 30.9 Å². The molecule has 0 amide bonds. The molecule has 1 saturated heterocycles. The molecule has 4 heterocycles. The molecule has 4 rings (SSSR count). The van der Waals surface area contributed by atoms with E-state index in [9.17, 15) is 39.5 Å². The van der Waals surface area contributed by atoms with Crippen molar-refractivity contribution in [2.24, 2.45) is 0 Å². The molecule has 46 heavy (non-hydrogen) atoms. The van der Waals surface area contributed by atoms with Gasteiger partial charge in [-0.1, -0.05) is 0 Å². The highest BCUT2D eigenvalue weighted by Crippen LogP contribution is 2.25. The monoisotopic (exact) mass is 680 g/mol. The third kappa shape index (κ3) is 14.7. The molecule has 0 atom stereocenters. The standard InChI is InChI=1S/C19H26N6.3C2HF3O2/c1-23-10-12-25(13-11-23)19-17-4-8-24(9-5-18(17)21-15-22-19)14-16-2-6-20-7-3-16;3*3-2(4,5)1(6)7/h2-3,6-7,15H,4-5,8-14H2,1H3;3*(H,6,7). The highest BCUT2D eigenvalue weighted by atomic mass is 19.4. The number of likely N-dealkylation sites (N-methyl/N-ethyl adjacent to an activating group) is 1. The number of fused-ring (bicyclic) bond motifs is 1. The number of anilines is 1. The van der Waals surface area contributed by atoms with E-state index < -0.39 is 36.4 Å². The minimum absolute atomic E-state index is 0.980. The van der Waals surface area contributed by atoms with Crippen LogP contribution < -0.4 is 4.90 Å². The number of hydrogen-bond donors (Lipinski definition) is 3. The van der Waals surface area contributed by atoms with Crippen LogP contribution in [0.3, 0.4) is 0 Å². The number of aliphatic carboxylic acids is 3. The molecule has 21 heteroatoms. The first-order valence-corrected chi connectivity index (χ1v) is 12.9. The highest BCUT2D eigenvalue weighted by molar-refractivity contribution is 5.73. The van der Waals surface area contributed by atoms with Gasteiger partial charge in [-0.05, 0) is 31.2 Å². The van der Waals surface area contributed by atoms with Gasteiger partial charge in [0.1, 0.15) is 12.1 Å². The van der Waals surface area contributed by atoms with E-state index in [2.05, 4.69) is 48.8 Å². The summed E-state index contributed by atoms with van der Waals surface area (Å²) in [6.07, 6.45) is -7.71. The Labute approximate surface area is 255 Å². The number of carboxylic acid groups (broad SMARTS) is 3. The Hall–Kier alpha value is -4.27.